The fourth-order valence-corrected chi connectivity index (χ4v) is 2.38. The summed E-state index contributed by atoms with van der Waals surface area (Å²) in [5.74, 6) is 0. The van der Waals surface area contributed by atoms with E-state index < -0.39 is 0 Å². The summed E-state index contributed by atoms with van der Waals surface area (Å²) in [6, 6.07) is 0. The third-order valence-electron chi connectivity index (χ3n) is 3.24. The van der Waals surface area contributed by atoms with Crippen LogP contribution in [0.25, 0.3) is 0 Å². The Bertz CT molecular complexity index is 142. The predicted molar refractivity (Wildman–Crippen MR) is 44.6 cm³/mol. The molecule has 1 saturated heterocycles. The number of hydrogen-bond donors (Lipinski definition) is 1. The van der Waals surface area contributed by atoms with Crippen LogP contribution in [0.2, 0.25) is 0 Å². The largest absolute Gasteiger partial charge is 0.381 e. The van der Waals surface area contributed by atoms with E-state index in [9.17, 15) is 0 Å². The van der Waals surface area contributed by atoms with Crippen molar-refractivity contribution in [3.05, 3.63) is 0 Å². The summed E-state index contributed by atoms with van der Waals surface area (Å²) in [7, 11) is 1.84. The molecule has 2 nitrogen and oxygen atoms in total. The summed E-state index contributed by atoms with van der Waals surface area (Å²) in [5, 5.41) is 3.55. The molecule has 2 heteroatoms. The van der Waals surface area contributed by atoms with Gasteiger partial charge in [-0.15, -0.1) is 0 Å². The average molecular weight is 155 g/mol. The van der Waals surface area contributed by atoms with E-state index in [0.717, 1.165) is 0 Å². The first-order chi connectivity index (χ1) is 5.35. The lowest BCUT2D eigenvalue weighted by Crippen LogP contribution is -2.59. The van der Waals surface area contributed by atoms with Gasteiger partial charge in [-0.05, 0) is 38.6 Å². The molecule has 1 heterocycles. The van der Waals surface area contributed by atoms with Crippen LogP contribution < -0.4 is 5.32 Å². The highest BCUT2D eigenvalue weighted by Gasteiger charge is 2.40. The Morgan fingerprint density at radius 1 is 1.45 bits per heavy atom. The molecule has 0 aromatic heterocycles. The van der Waals surface area contributed by atoms with Crippen LogP contribution in [0, 0.1) is 0 Å². The molecule has 2 unspecified atom stereocenters. The van der Waals surface area contributed by atoms with Gasteiger partial charge in [0.15, 0.2) is 0 Å². The van der Waals surface area contributed by atoms with Crippen LogP contribution in [0.15, 0.2) is 0 Å². The molecule has 0 aromatic rings. The van der Waals surface area contributed by atoms with Crippen LogP contribution in [-0.4, -0.2) is 25.3 Å². The number of ether oxygens (including phenoxy) is 1. The molecular weight excluding hydrogens is 138 g/mol. The first kappa shape index (κ1) is 7.56. The topological polar surface area (TPSA) is 21.3 Å². The molecule has 2 fully saturated rings. The zero-order valence-electron chi connectivity index (χ0n) is 7.23. The van der Waals surface area contributed by atoms with Crippen molar-refractivity contribution in [2.24, 2.45) is 0 Å². The fourth-order valence-electron chi connectivity index (χ4n) is 2.38. The van der Waals surface area contributed by atoms with E-state index in [1.54, 1.807) is 0 Å². The normalized spacial score (nSPS) is 43.9. The van der Waals surface area contributed by atoms with Crippen molar-refractivity contribution in [2.45, 2.75) is 43.7 Å². The number of rotatable bonds is 1. The van der Waals surface area contributed by atoms with Crippen molar-refractivity contribution in [1.82, 2.24) is 5.32 Å². The van der Waals surface area contributed by atoms with Crippen molar-refractivity contribution in [3.63, 3.8) is 0 Å². The Morgan fingerprint density at radius 2 is 2.27 bits per heavy atom. The lowest BCUT2D eigenvalue weighted by atomic mass is 9.74. The van der Waals surface area contributed by atoms with Gasteiger partial charge in [0.05, 0.1) is 6.10 Å². The summed E-state index contributed by atoms with van der Waals surface area (Å²) in [6.45, 7) is 1.22. The SMILES string of the molecule is COC1CCCC2(CCN2)C1. The molecule has 0 bridgehead atoms. The van der Waals surface area contributed by atoms with Crippen LogP contribution >= 0.6 is 0 Å². The van der Waals surface area contributed by atoms with Crippen molar-refractivity contribution in [3.8, 4) is 0 Å². The first-order valence-corrected chi connectivity index (χ1v) is 4.62. The first-order valence-electron chi connectivity index (χ1n) is 4.62. The third kappa shape index (κ3) is 1.30. The maximum atomic E-state index is 5.38. The maximum Gasteiger partial charge on any atom is 0.0589 e. The fraction of sp³-hybridized carbons (Fsp3) is 1.00. The van der Waals surface area contributed by atoms with Crippen LogP contribution in [0.5, 0.6) is 0 Å². The molecule has 0 radical (unpaired) electrons. The average Bonchev–Trinajstić information content (AvgIpc) is 2.02. The van der Waals surface area contributed by atoms with E-state index in [4.69, 9.17) is 4.74 Å². The second-order valence-electron chi connectivity index (χ2n) is 3.91. The molecule has 2 aliphatic rings. The van der Waals surface area contributed by atoms with Crippen LogP contribution in [-0.2, 0) is 4.74 Å². The molecule has 64 valence electrons. The molecule has 1 aliphatic carbocycles. The molecule has 0 amide bonds. The Kier molecular flexibility index (Phi) is 1.90. The number of methoxy groups -OCH3 is 1. The lowest BCUT2D eigenvalue weighted by Gasteiger charge is -2.48. The molecule has 1 N–H and O–H groups in total. The second kappa shape index (κ2) is 2.76. The minimum atomic E-state index is 0.499. The van der Waals surface area contributed by atoms with Gasteiger partial charge in [-0.25, -0.2) is 0 Å². The molecule has 1 aliphatic heterocycles. The van der Waals surface area contributed by atoms with E-state index in [-0.39, 0.29) is 0 Å². The minimum Gasteiger partial charge on any atom is -0.381 e. The summed E-state index contributed by atoms with van der Waals surface area (Å²) < 4.78 is 5.38. The predicted octanol–water partition coefficient (Wildman–Crippen LogP) is 1.31. The van der Waals surface area contributed by atoms with Gasteiger partial charge in [0.1, 0.15) is 0 Å². The van der Waals surface area contributed by atoms with Gasteiger partial charge in [0, 0.05) is 12.6 Å². The van der Waals surface area contributed by atoms with Gasteiger partial charge in [-0.2, -0.15) is 0 Å². The summed E-state index contributed by atoms with van der Waals surface area (Å²) >= 11 is 0. The van der Waals surface area contributed by atoms with Gasteiger partial charge in [-0.1, -0.05) is 0 Å². The highest BCUT2D eigenvalue weighted by Crippen LogP contribution is 2.36. The van der Waals surface area contributed by atoms with E-state index in [2.05, 4.69) is 5.32 Å². The van der Waals surface area contributed by atoms with Crippen LogP contribution in [0.4, 0.5) is 0 Å². The van der Waals surface area contributed by atoms with Gasteiger partial charge in [-0.3, -0.25) is 0 Å². The molecular formula is C9H17NO. The third-order valence-corrected chi connectivity index (χ3v) is 3.24. The quantitative estimate of drug-likeness (QED) is 0.616. The van der Waals surface area contributed by atoms with Gasteiger partial charge in [0.25, 0.3) is 0 Å². The van der Waals surface area contributed by atoms with Gasteiger partial charge < -0.3 is 10.1 Å². The molecule has 1 saturated carbocycles. The summed E-state index contributed by atoms with van der Waals surface area (Å²) in [5.41, 5.74) is 0.499. The van der Waals surface area contributed by atoms with Gasteiger partial charge in [0.2, 0.25) is 0 Å². The highest BCUT2D eigenvalue weighted by atomic mass is 16.5. The molecule has 0 aromatic carbocycles. The van der Waals surface area contributed by atoms with Crippen molar-refractivity contribution in [1.29, 1.82) is 0 Å². The van der Waals surface area contributed by atoms with E-state index >= 15 is 0 Å². The summed E-state index contributed by atoms with van der Waals surface area (Å²) in [6.07, 6.45) is 7.10. The molecule has 11 heavy (non-hydrogen) atoms. The van der Waals surface area contributed by atoms with Crippen molar-refractivity contribution < 1.29 is 4.74 Å². The minimum absolute atomic E-state index is 0.499. The van der Waals surface area contributed by atoms with Crippen molar-refractivity contribution in [2.75, 3.05) is 13.7 Å². The molecule has 2 atom stereocenters. The zero-order valence-corrected chi connectivity index (χ0v) is 7.23. The van der Waals surface area contributed by atoms with Gasteiger partial charge >= 0.3 is 0 Å². The van der Waals surface area contributed by atoms with Crippen LogP contribution in [0.1, 0.15) is 32.1 Å². The Balaban J connectivity index is 1.92. The van der Waals surface area contributed by atoms with Crippen LogP contribution in [0.3, 0.4) is 0 Å². The number of hydrogen-bond acceptors (Lipinski definition) is 2. The molecule has 2 rings (SSSR count). The Morgan fingerprint density at radius 3 is 2.82 bits per heavy atom. The Labute approximate surface area is 68.3 Å². The maximum absolute atomic E-state index is 5.38. The number of nitrogens with one attached hydrogen (secondary N) is 1. The van der Waals surface area contributed by atoms with E-state index in [1.807, 2.05) is 7.11 Å². The molecule has 1 spiro atoms. The smallest absolute Gasteiger partial charge is 0.0589 e. The lowest BCUT2D eigenvalue weighted by molar-refractivity contribution is 0.00787. The Hall–Kier alpha value is -0.0800. The standard InChI is InChI=1S/C9H17NO/c1-11-8-3-2-4-9(7-8)5-6-10-9/h8,10H,2-7H2,1H3. The highest BCUT2D eigenvalue weighted by molar-refractivity contribution is 5.00. The van der Waals surface area contributed by atoms with E-state index in [0.29, 0.717) is 11.6 Å². The van der Waals surface area contributed by atoms with E-state index in [1.165, 1.54) is 38.6 Å². The zero-order chi connectivity index (χ0) is 7.73. The van der Waals surface area contributed by atoms with Crippen molar-refractivity contribution >= 4 is 0 Å². The second-order valence-corrected chi connectivity index (χ2v) is 3.91. The summed E-state index contributed by atoms with van der Waals surface area (Å²) in [4.78, 5) is 0. The monoisotopic (exact) mass is 155 g/mol.